The van der Waals surface area contributed by atoms with Crippen LogP contribution in [0.4, 0.5) is 23.7 Å². The summed E-state index contributed by atoms with van der Waals surface area (Å²) in [5.74, 6) is -1.02. The van der Waals surface area contributed by atoms with Gasteiger partial charge >= 0.3 is 18.2 Å². The van der Waals surface area contributed by atoms with Gasteiger partial charge in [-0.1, -0.05) is 0 Å². The van der Waals surface area contributed by atoms with Crippen molar-refractivity contribution in [1.29, 1.82) is 0 Å². The van der Waals surface area contributed by atoms with Gasteiger partial charge in [-0.15, -0.1) is 0 Å². The Kier molecular flexibility index (Phi) is 6.05. The molecule has 0 fully saturated rings. The van der Waals surface area contributed by atoms with E-state index in [1.165, 1.54) is 13.2 Å². The van der Waals surface area contributed by atoms with Crippen LogP contribution in [0.3, 0.4) is 0 Å². The largest absolute Gasteiger partial charge is 0.497 e. The highest BCUT2D eigenvalue weighted by Gasteiger charge is 2.35. The number of anilines is 1. The molecule has 0 atom stereocenters. The summed E-state index contributed by atoms with van der Waals surface area (Å²) in [5, 5.41) is 13.3. The van der Waals surface area contributed by atoms with Gasteiger partial charge in [-0.3, -0.25) is 4.79 Å². The van der Waals surface area contributed by atoms with Crippen LogP contribution in [0, 0.1) is 0 Å². The van der Waals surface area contributed by atoms with Gasteiger partial charge in [-0.25, -0.2) is 4.79 Å². The van der Waals surface area contributed by atoms with Crippen molar-refractivity contribution in [2.75, 3.05) is 12.4 Å². The SMILES string of the molecule is COc1ccc(NC(=O)NC(C)(C)CCC(=O)O)c(C(F)(F)F)c1. The number of hydrogen-bond donors (Lipinski definition) is 3. The Labute approximate surface area is 137 Å². The average molecular weight is 348 g/mol. The lowest BCUT2D eigenvalue weighted by Gasteiger charge is -2.26. The van der Waals surface area contributed by atoms with E-state index >= 15 is 0 Å². The van der Waals surface area contributed by atoms with Gasteiger partial charge in [0.25, 0.3) is 0 Å². The van der Waals surface area contributed by atoms with Gasteiger partial charge in [0.1, 0.15) is 5.75 Å². The maximum atomic E-state index is 13.1. The maximum absolute atomic E-state index is 13.1. The molecular weight excluding hydrogens is 329 g/mol. The number of carbonyl (C=O) groups is 2. The summed E-state index contributed by atoms with van der Waals surface area (Å²) in [6, 6.07) is 2.30. The minimum Gasteiger partial charge on any atom is -0.497 e. The number of methoxy groups -OCH3 is 1. The lowest BCUT2D eigenvalue weighted by Crippen LogP contribution is -2.46. The molecule has 2 amide bonds. The molecule has 134 valence electrons. The fourth-order valence-electron chi connectivity index (χ4n) is 1.94. The molecule has 9 heteroatoms. The molecule has 0 aromatic heterocycles. The highest BCUT2D eigenvalue weighted by atomic mass is 19.4. The quantitative estimate of drug-likeness (QED) is 0.734. The van der Waals surface area contributed by atoms with Gasteiger partial charge in [0, 0.05) is 12.0 Å². The molecule has 0 saturated heterocycles. The van der Waals surface area contributed by atoms with Gasteiger partial charge < -0.3 is 20.5 Å². The monoisotopic (exact) mass is 348 g/mol. The van der Waals surface area contributed by atoms with Crippen LogP contribution in [0.25, 0.3) is 0 Å². The molecule has 0 aliphatic heterocycles. The van der Waals surface area contributed by atoms with Crippen LogP contribution in [-0.2, 0) is 11.0 Å². The first-order valence-electron chi connectivity index (χ1n) is 7.01. The second-order valence-electron chi connectivity index (χ2n) is 5.77. The number of rotatable bonds is 6. The summed E-state index contributed by atoms with van der Waals surface area (Å²) >= 11 is 0. The van der Waals surface area contributed by atoms with Crippen LogP contribution >= 0.6 is 0 Å². The first kappa shape index (κ1) is 19.6. The molecule has 1 rings (SSSR count). The molecule has 0 heterocycles. The third-order valence-electron chi connectivity index (χ3n) is 3.20. The Hall–Kier alpha value is -2.45. The Morgan fingerprint density at radius 1 is 1.25 bits per heavy atom. The minimum absolute atomic E-state index is 0.00933. The van der Waals surface area contributed by atoms with E-state index in [4.69, 9.17) is 9.84 Å². The Morgan fingerprint density at radius 2 is 1.88 bits per heavy atom. The molecule has 0 aliphatic carbocycles. The van der Waals surface area contributed by atoms with Gasteiger partial charge in [0.05, 0.1) is 18.4 Å². The third-order valence-corrected chi connectivity index (χ3v) is 3.20. The number of nitrogens with one attached hydrogen (secondary N) is 2. The number of urea groups is 1. The standard InChI is InChI=1S/C15H19F3N2O4/c1-14(2,7-6-12(21)22)20-13(23)19-11-5-4-9(24-3)8-10(11)15(16,17)18/h4-5,8H,6-7H2,1-3H3,(H,21,22)(H2,19,20,23). The molecule has 0 spiro atoms. The predicted octanol–water partition coefficient (Wildman–Crippen LogP) is 3.48. The van der Waals surface area contributed by atoms with Gasteiger partial charge in [-0.05, 0) is 38.5 Å². The van der Waals surface area contributed by atoms with E-state index in [1.54, 1.807) is 13.8 Å². The molecule has 0 aliphatic rings. The molecule has 3 N–H and O–H groups in total. The van der Waals surface area contributed by atoms with Crippen LogP contribution in [0.1, 0.15) is 32.3 Å². The van der Waals surface area contributed by atoms with Crippen molar-refractivity contribution < 1.29 is 32.6 Å². The number of carbonyl (C=O) groups excluding carboxylic acids is 1. The molecule has 1 aromatic carbocycles. The number of alkyl halides is 3. The van der Waals surface area contributed by atoms with E-state index in [0.29, 0.717) is 0 Å². The fraction of sp³-hybridized carbons (Fsp3) is 0.467. The predicted molar refractivity (Wildman–Crippen MR) is 81.1 cm³/mol. The average Bonchev–Trinajstić information content (AvgIpc) is 2.44. The Balaban J connectivity index is 2.89. The third kappa shape index (κ3) is 5.98. The molecule has 0 bridgehead atoms. The van der Waals surface area contributed by atoms with Crippen LogP contribution in [-0.4, -0.2) is 29.8 Å². The van der Waals surface area contributed by atoms with Crippen molar-refractivity contribution in [2.45, 2.75) is 38.4 Å². The lowest BCUT2D eigenvalue weighted by atomic mass is 9.99. The summed E-state index contributed by atoms with van der Waals surface area (Å²) in [6.45, 7) is 3.16. The number of aliphatic carboxylic acids is 1. The summed E-state index contributed by atoms with van der Waals surface area (Å²) in [6.07, 6.45) is -4.72. The number of amides is 2. The van der Waals surface area contributed by atoms with Crippen molar-refractivity contribution in [1.82, 2.24) is 5.32 Å². The smallest absolute Gasteiger partial charge is 0.418 e. The van der Waals surface area contributed by atoms with Crippen molar-refractivity contribution in [3.05, 3.63) is 23.8 Å². The van der Waals surface area contributed by atoms with Crippen molar-refractivity contribution >= 4 is 17.7 Å². The molecule has 24 heavy (non-hydrogen) atoms. The summed E-state index contributed by atoms with van der Waals surface area (Å²) < 4.78 is 44.0. The molecule has 0 unspecified atom stereocenters. The van der Waals surface area contributed by atoms with Crippen molar-refractivity contribution in [2.24, 2.45) is 0 Å². The van der Waals surface area contributed by atoms with Crippen LogP contribution in [0.5, 0.6) is 5.75 Å². The van der Waals surface area contributed by atoms with Crippen LogP contribution in [0.2, 0.25) is 0 Å². The van der Waals surface area contributed by atoms with Gasteiger partial charge in [-0.2, -0.15) is 13.2 Å². The molecule has 6 nitrogen and oxygen atoms in total. The van der Waals surface area contributed by atoms with Crippen LogP contribution < -0.4 is 15.4 Å². The van der Waals surface area contributed by atoms with Gasteiger partial charge in [0.2, 0.25) is 0 Å². The Morgan fingerprint density at radius 3 is 2.38 bits per heavy atom. The number of ether oxygens (including phenoxy) is 1. The second-order valence-corrected chi connectivity index (χ2v) is 5.77. The Bertz CT molecular complexity index is 615. The summed E-state index contributed by atoms with van der Waals surface area (Å²) in [5.41, 5.74) is -2.36. The summed E-state index contributed by atoms with van der Waals surface area (Å²) in [4.78, 5) is 22.5. The number of hydrogen-bond acceptors (Lipinski definition) is 3. The first-order valence-corrected chi connectivity index (χ1v) is 7.01. The van der Waals surface area contributed by atoms with E-state index in [1.807, 2.05) is 0 Å². The van der Waals surface area contributed by atoms with Crippen molar-refractivity contribution in [3.8, 4) is 5.75 Å². The van der Waals surface area contributed by atoms with E-state index in [0.717, 1.165) is 12.1 Å². The second kappa shape index (κ2) is 7.41. The zero-order chi connectivity index (χ0) is 18.5. The van der Waals surface area contributed by atoms with E-state index in [9.17, 15) is 22.8 Å². The molecule has 0 saturated carbocycles. The van der Waals surface area contributed by atoms with E-state index in [-0.39, 0.29) is 18.6 Å². The summed E-state index contributed by atoms with van der Waals surface area (Å²) in [7, 11) is 1.24. The topological polar surface area (TPSA) is 87.7 Å². The highest BCUT2D eigenvalue weighted by Crippen LogP contribution is 2.37. The van der Waals surface area contributed by atoms with Gasteiger partial charge in [0.15, 0.2) is 0 Å². The molecule has 1 aromatic rings. The van der Waals surface area contributed by atoms with E-state index < -0.39 is 35.0 Å². The minimum atomic E-state index is -4.67. The highest BCUT2D eigenvalue weighted by molar-refractivity contribution is 5.90. The van der Waals surface area contributed by atoms with Crippen LogP contribution in [0.15, 0.2) is 18.2 Å². The molecule has 0 radical (unpaired) electrons. The molecular formula is C15H19F3N2O4. The number of halogens is 3. The first-order chi connectivity index (χ1) is 10.9. The zero-order valence-electron chi connectivity index (χ0n) is 13.5. The number of carboxylic acids is 1. The number of benzene rings is 1. The maximum Gasteiger partial charge on any atom is 0.418 e. The zero-order valence-corrected chi connectivity index (χ0v) is 13.5. The normalized spacial score (nSPS) is 11.8. The number of carboxylic acid groups (broad SMARTS) is 1. The fourth-order valence-corrected chi connectivity index (χ4v) is 1.94. The van der Waals surface area contributed by atoms with E-state index in [2.05, 4.69) is 10.6 Å². The van der Waals surface area contributed by atoms with Crippen molar-refractivity contribution in [3.63, 3.8) is 0 Å². The lowest BCUT2D eigenvalue weighted by molar-refractivity contribution is -0.138.